The Labute approximate surface area is 96.6 Å². The van der Waals surface area contributed by atoms with Gasteiger partial charge in [0.15, 0.2) is 0 Å². The second-order valence-corrected chi connectivity index (χ2v) is 4.68. The van der Waals surface area contributed by atoms with E-state index in [-0.39, 0.29) is 5.91 Å². The van der Waals surface area contributed by atoms with Crippen molar-refractivity contribution in [3.8, 4) is 0 Å². The fraction of sp³-hybridized carbons (Fsp3) is 0.417. The summed E-state index contributed by atoms with van der Waals surface area (Å²) in [6, 6.07) is 7.83. The first-order valence-electron chi connectivity index (χ1n) is 5.50. The van der Waals surface area contributed by atoms with Crippen molar-refractivity contribution in [2.45, 2.75) is 25.9 Å². The van der Waals surface area contributed by atoms with E-state index in [1.807, 2.05) is 7.05 Å². The highest BCUT2D eigenvalue weighted by molar-refractivity contribution is 6.45. The SMILES string of the molecule is CC1C(C)[N+]1(C)C(=O)c1ccc([B]O)cc1. The van der Waals surface area contributed by atoms with Crippen molar-refractivity contribution in [2.24, 2.45) is 0 Å². The fourth-order valence-corrected chi connectivity index (χ4v) is 2.23. The van der Waals surface area contributed by atoms with Gasteiger partial charge in [0, 0.05) is 0 Å². The molecule has 0 aromatic heterocycles. The first-order valence-corrected chi connectivity index (χ1v) is 5.50. The number of likely N-dealkylation sites (N-methyl/N-ethyl adjacent to an activating group) is 1. The van der Waals surface area contributed by atoms with Crippen LogP contribution in [0.15, 0.2) is 24.3 Å². The maximum atomic E-state index is 12.2. The molecule has 1 aromatic carbocycles. The number of quaternary nitrogens is 1. The van der Waals surface area contributed by atoms with Gasteiger partial charge in [-0.05, 0) is 26.0 Å². The van der Waals surface area contributed by atoms with Crippen LogP contribution in [0.25, 0.3) is 0 Å². The van der Waals surface area contributed by atoms with Gasteiger partial charge < -0.3 is 5.02 Å². The number of benzene rings is 1. The molecule has 1 heterocycles. The summed E-state index contributed by atoms with van der Waals surface area (Å²) >= 11 is 0. The van der Waals surface area contributed by atoms with Crippen LogP contribution < -0.4 is 5.46 Å². The van der Waals surface area contributed by atoms with Crippen molar-refractivity contribution in [3.63, 3.8) is 0 Å². The first kappa shape index (κ1) is 11.4. The van der Waals surface area contributed by atoms with E-state index in [0.717, 1.165) is 7.48 Å². The predicted molar refractivity (Wildman–Crippen MR) is 63.5 cm³/mol. The Kier molecular flexibility index (Phi) is 2.64. The van der Waals surface area contributed by atoms with E-state index in [9.17, 15) is 4.79 Å². The van der Waals surface area contributed by atoms with Crippen LogP contribution in [-0.2, 0) is 0 Å². The number of rotatable bonds is 2. The molecular weight excluding hydrogens is 201 g/mol. The minimum atomic E-state index is 0.157. The molecule has 1 radical (unpaired) electrons. The van der Waals surface area contributed by atoms with Gasteiger partial charge in [-0.2, -0.15) is 0 Å². The van der Waals surface area contributed by atoms with Crippen LogP contribution in [0, 0.1) is 0 Å². The van der Waals surface area contributed by atoms with Gasteiger partial charge in [0.05, 0.1) is 12.6 Å². The van der Waals surface area contributed by atoms with E-state index < -0.39 is 0 Å². The molecule has 1 saturated heterocycles. The summed E-state index contributed by atoms with van der Waals surface area (Å²) < 4.78 is 0.488. The predicted octanol–water partition coefficient (Wildman–Crippen LogP) is 0.301. The number of carbonyl (C=O) groups excluding carboxylic acids is 1. The second kappa shape index (κ2) is 3.72. The molecule has 1 N–H and O–H groups in total. The fourth-order valence-electron chi connectivity index (χ4n) is 2.23. The Morgan fingerprint density at radius 3 is 2.12 bits per heavy atom. The van der Waals surface area contributed by atoms with Gasteiger partial charge in [0.25, 0.3) is 0 Å². The van der Waals surface area contributed by atoms with Crippen molar-refractivity contribution < 1.29 is 14.3 Å². The van der Waals surface area contributed by atoms with Gasteiger partial charge in [-0.15, -0.1) is 0 Å². The molecular formula is C12H16BNO2+. The third-order valence-electron chi connectivity index (χ3n) is 4.04. The lowest BCUT2D eigenvalue weighted by Gasteiger charge is -2.11. The molecule has 4 heteroatoms. The van der Waals surface area contributed by atoms with E-state index in [2.05, 4.69) is 13.8 Å². The summed E-state index contributed by atoms with van der Waals surface area (Å²) in [5.74, 6) is 0.157. The molecule has 1 aliphatic rings. The van der Waals surface area contributed by atoms with Crippen molar-refractivity contribution in [3.05, 3.63) is 29.8 Å². The average Bonchev–Trinajstić information content (AvgIpc) is 2.81. The zero-order valence-electron chi connectivity index (χ0n) is 9.84. The molecule has 16 heavy (non-hydrogen) atoms. The van der Waals surface area contributed by atoms with E-state index in [1.165, 1.54) is 0 Å². The van der Waals surface area contributed by atoms with Gasteiger partial charge in [0.2, 0.25) is 0 Å². The van der Waals surface area contributed by atoms with Crippen LogP contribution in [0.1, 0.15) is 24.2 Å². The zero-order valence-corrected chi connectivity index (χ0v) is 9.84. The second-order valence-electron chi connectivity index (χ2n) is 4.68. The quantitative estimate of drug-likeness (QED) is 0.439. The molecule has 2 unspecified atom stereocenters. The van der Waals surface area contributed by atoms with Crippen LogP contribution >= 0.6 is 0 Å². The third-order valence-corrected chi connectivity index (χ3v) is 4.04. The summed E-state index contributed by atoms with van der Waals surface area (Å²) in [7, 11) is 3.01. The standard InChI is InChI=1S/C12H16BNO2/c1-8-9(2)14(8,3)12(15)10-4-6-11(13-16)7-5-10/h4-9,16H,1-3H3/q+1. The highest BCUT2D eigenvalue weighted by Crippen LogP contribution is 2.38. The van der Waals surface area contributed by atoms with Crippen LogP contribution in [-0.4, -0.2) is 42.0 Å². The lowest BCUT2D eigenvalue weighted by Crippen LogP contribution is -2.33. The zero-order chi connectivity index (χ0) is 11.9. The van der Waals surface area contributed by atoms with Crippen LogP contribution in [0.5, 0.6) is 0 Å². The summed E-state index contributed by atoms with van der Waals surface area (Å²) in [6.45, 7) is 4.19. The topological polar surface area (TPSA) is 37.3 Å². The summed E-state index contributed by atoms with van der Waals surface area (Å²) in [4.78, 5) is 12.2. The molecule has 2 atom stereocenters. The lowest BCUT2D eigenvalue weighted by atomic mass is 9.88. The normalized spacial score (nSPS) is 32.2. The largest absolute Gasteiger partial charge is 0.450 e. The summed E-state index contributed by atoms with van der Waals surface area (Å²) in [5, 5.41) is 8.81. The molecule has 0 saturated carbocycles. The van der Waals surface area contributed by atoms with E-state index in [1.54, 1.807) is 24.3 Å². The maximum absolute atomic E-state index is 12.2. The van der Waals surface area contributed by atoms with Crippen molar-refractivity contribution in [1.29, 1.82) is 0 Å². The Hall–Kier alpha value is -1.13. The molecule has 1 aromatic rings. The average molecular weight is 217 g/mol. The first-order chi connectivity index (χ1) is 7.51. The maximum Gasteiger partial charge on any atom is 0.346 e. The van der Waals surface area contributed by atoms with Crippen LogP contribution in [0.3, 0.4) is 0 Å². The molecule has 3 nitrogen and oxygen atoms in total. The smallest absolute Gasteiger partial charge is 0.346 e. The van der Waals surface area contributed by atoms with Crippen molar-refractivity contribution >= 4 is 18.9 Å². The molecule has 1 amide bonds. The summed E-state index contributed by atoms with van der Waals surface area (Å²) in [5.41, 5.74) is 1.43. The molecule has 1 fully saturated rings. The van der Waals surface area contributed by atoms with Crippen molar-refractivity contribution in [1.82, 2.24) is 0 Å². The van der Waals surface area contributed by atoms with Crippen LogP contribution in [0.4, 0.5) is 0 Å². The Balaban J connectivity index is 2.22. The van der Waals surface area contributed by atoms with E-state index in [0.29, 0.717) is 27.6 Å². The Morgan fingerprint density at radius 2 is 1.75 bits per heavy atom. The minimum Gasteiger partial charge on any atom is -0.450 e. The number of hydrogen-bond donors (Lipinski definition) is 1. The van der Waals surface area contributed by atoms with Gasteiger partial charge in [0.1, 0.15) is 12.1 Å². The number of hydrogen-bond acceptors (Lipinski definition) is 2. The monoisotopic (exact) mass is 217 g/mol. The van der Waals surface area contributed by atoms with Crippen molar-refractivity contribution in [2.75, 3.05) is 7.05 Å². The molecule has 0 aliphatic carbocycles. The molecule has 2 rings (SSSR count). The van der Waals surface area contributed by atoms with Gasteiger partial charge in [-0.3, -0.25) is 0 Å². The van der Waals surface area contributed by atoms with Gasteiger partial charge >= 0.3 is 13.4 Å². The molecule has 0 bridgehead atoms. The minimum absolute atomic E-state index is 0.157. The third kappa shape index (κ3) is 1.49. The van der Waals surface area contributed by atoms with Gasteiger partial charge in [-0.25, -0.2) is 9.28 Å². The van der Waals surface area contributed by atoms with E-state index in [4.69, 9.17) is 5.02 Å². The summed E-state index contributed by atoms with van der Waals surface area (Å²) in [6.07, 6.45) is 0. The molecule has 0 spiro atoms. The Bertz CT molecular complexity index is 408. The highest BCUT2D eigenvalue weighted by Gasteiger charge is 2.62. The number of amides is 1. The van der Waals surface area contributed by atoms with Gasteiger partial charge in [-0.1, -0.05) is 17.6 Å². The highest BCUT2D eigenvalue weighted by atomic mass is 16.2. The lowest BCUT2D eigenvalue weighted by molar-refractivity contribution is -0.714. The molecule has 1 aliphatic heterocycles. The molecule has 83 valence electrons. The number of nitrogens with zero attached hydrogens (tertiary/aromatic N) is 1. The Morgan fingerprint density at radius 1 is 1.25 bits per heavy atom. The number of carbonyl (C=O) groups is 1. The van der Waals surface area contributed by atoms with E-state index >= 15 is 0 Å². The van der Waals surface area contributed by atoms with Crippen LogP contribution in [0.2, 0.25) is 0 Å².